The number of nitrogens with one attached hydrogen (secondary N) is 1. The van der Waals surface area contributed by atoms with Crippen molar-refractivity contribution < 1.29 is 14.7 Å². The largest absolute Gasteiger partial charge is 0.480 e. The maximum absolute atomic E-state index is 10.9. The lowest BCUT2D eigenvalue weighted by molar-refractivity contribution is -0.137. The molecule has 0 saturated heterocycles. The second kappa shape index (κ2) is 3.90. The molecule has 4 nitrogen and oxygen atoms in total. The first-order chi connectivity index (χ1) is 5.68. The fourth-order valence-electron chi connectivity index (χ4n) is 0.924. The highest BCUT2D eigenvalue weighted by Crippen LogP contribution is 2.24. The lowest BCUT2D eigenvalue weighted by Gasteiger charge is -2.15. The monoisotopic (exact) mass is 169 g/mol. The van der Waals surface area contributed by atoms with Crippen LogP contribution in [0, 0.1) is 0 Å². The zero-order valence-electron chi connectivity index (χ0n) is 6.67. The van der Waals surface area contributed by atoms with Gasteiger partial charge in [-0.3, -0.25) is 9.59 Å². The Labute approximate surface area is 70.3 Å². The van der Waals surface area contributed by atoms with Gasteiger partial charge in [0.1, 0.15) is 6.54 Å². The zero-order chi connectivity index (χ0) is 8.97. The van der Waals surface area contributed by atoms with Crippen molar-refractivity contribution in [3.05, 3.63) is 11.6 Å². The minimum Gasteiger partial charge on any atom is -0.480 e. The van der Waals surface area contributed by atoms with Gasteiger partial charge in [-0.25, -0.2) is 0 Å². The van der Waals surface area contributed by atoms with E-state index in [9.17, 15) is 9.59 Å². The molecule has 12 heavy (non-hydrogen) atoms. The Morgan fingerprint density at radius 3 is 2.58 bits per heavy atom. The van der Waals surface area contributed by atoms with Crippen LogP contribution < -0.4 is 5.32 Å². The molecule has 1 rings (SSSR count). The van der Waals surface area contributed by atoms with Crippen LogP contribution in [0.15, 0.2) is 11.6 Å². The summed E-state index contributed by atoms with van der Waals surface area (Å²) in [6.07, 6.45) is 4.57. The maximum Gasteiger partial charge on any atom is 0.322 e. The van der Waals surface area contributed by atoms with Crippen LogP contribution in [-0.2, 0) is 9.59 Å². The number of hydrogen-bond acceptors (Lipinski definition) is 2. The highest BCUT2D eigenvalue weighted by Gasteiger charge is 2.10. The summed E-state index contributed by atoms with van der Waals surface area (Å²) in [7, 11) is 0. The lowest BCUT2D eigenvalue weighted by Crippen LogP contribution is -2.28. The third kappa shape index (κ3) is 2.74. The van der Waals surface area contributed by atoms with Gasteiger partial charge >= 0.3 is 5.97 Å². The van der Waals surface area contributed by atoms with Crippen LogP contribution in [0.3, 0.4) is 0 Å². The molecule has 2 N–H and O–H groups in total. The molecule has 1 amide bonds. The summed E-state index contributed by atoms with van der Waals surface area (Å²) in [6, 6.07) is 0. The van der Waals surface area contributed by atoms with Crippen molar-refractivity contribution in [1.82, 2.24) is 5.32 Å². The number of amides is 1. The van der Waals surface area contributed by atoms with Gasteiger partial charge in [0.15, 0.2) is 0 Å². The average Bonchev–Trinajstić information content (AvgIpc) is 1.93. The Morgan fingerprint density at radius 1 is 1.50 bits per heavy atom. The smallest absolute Gasteiger partial charge is 0.322 e. The van der Waals surface area contributed by atoms with Gasteiger partial charge in [0.05, 0.1) is 0 Å². The van der Waals surface area contributed by atoms with Gasteiger partial charge in [-0.15, -0.1) is 0 Å². The Kier molecular flexibility index (Phi) is 2.85. The molecule has 0 aromatic rings. The number of carbonyl (C=O) groups excluding carboxylic acids is 1. The van der Waals surface area contributed by atoms with Crippen molar-refractivity contribution in [2.45, 2.75) is 19.3 Å². The molecular weight excluding hydrogens is 158 g/mol. The van der Waals surface area contributed by atoms with E-state index in [1.807, 2.05) is 0 Å². The number of carboxylic acids is 1. The van der Waals surface area contributed by atoms with Crippen LogP contribution in [0.1, 0.15) is 19.3 Å². The Hall–Kier alpha value is -1.32. The normalized spacial score (nSPS) is 14.8. The topological polar surface area (TPSA) is 66.4 Å². The molecule has 1 fully saturated rings. The van der Waals surface area contributed by atoms with E-state index in [0.29, 0.717) is 0 Å². The predicted octanol–water partition coefficient (Wildman–Crippen LogP) is 0.297. The minimum atomic E-state index is -1.02. The Bertz CT molecular complexity index is 226. The SMILES string of the molecule is O=C(O)CNC(=O)C=C1CCC1. The second-order valence-electron chi connectivity index (χ2n) is 2.77. The number of rotatable bonds is 3. The molecule has 0 atom stereocenters. The Morgan fingerprint density at radius 2 is 2.17 bits per heavy atom. The van der Waals surface area contributed by atoms with E-state index < -0.39 is 5.97 Å². The van der Waals surface area contributed by atoms with Crippen molar-refractivity contribution in [1.29, 1.82) is 0 Å². The van der Waals surface area contributed by atoms with E-state index in [2.05, 4.69) is 5.32 Å². The highest BCUT2D eigenvalue weighted by atomic mass is 16.4. The number of aliphatic carboxylic acids is 1. The number of hydrogen-bond donors (Lipinski definition) is 2. The van der Waals surface area contributed by atoms with Crippen LogP contribution in [0.4, 0.5) is 0 Å². The van der Waals surface area contributed by atoms with Crippen molar-refractivity contribution in [2.75, 3.05) is 6.54 Å². The van der Waals surface area contributed by atoms with Gasteiger partial charge < -0.3 is 10.4 Å². The molecule has 0 spiro atoms. The molecular formula is C8H11NO3. The molecule has 0 radical (unpaired) electrons. The zero-order valence-corrected chi connectivity index (χ0v) is 6.67. The number of carboxylic acid groups (broad SMARTS) is 1. The van der Waals surface area contributed by atoms with E-state index in [1.165, 1.54) is 6.08 Å². The summed E-state index contributed by atoms with van der Waals surface area (Å²) in [5, 5.41) is 10.5. The fraction of sp³-hybridized carbons (Fsp3) is 0.500. The van der Waals surface area contributed by atoms with Crippen LogP contribution in [0.2, 0.25) is 0 Å². The van der Waals surface area contributed by atoms with Gasteiger partial charge in [0.25, 0.3) is 0 Å². The van der Waals surface area contributed by atoms with Crippen LogP contribution in [0.25, 0.3) is 0 Å². The van der Waals surface area contributed by atoms with Crippen LogP contribution in [0.5, 0.6) is 0 Å². The van der Waals surface area contributed by atoms with E-state index in [1.54, 1.807) is 0 Å². The summed E-state index contributed by atoms with van der Waals surface area (Å²) in [6.45, 7) is -0.303. The molecule has 1 aliphatic carbocycles. The predicted molar refractivity (Wildman–Crippen MR) is 42.6 cm³/mol. The summed E-state index contributed by atoms with van der Waals surface area (Å²) in [4.78, 5) is 20.9. The summed E-state index contributed by atoms with van der Waals surface area (Å²) in [5.41, 5.74) is 1.11. The van der Waals surface area contributed by atoms with Gasteiger partial charge in [0.2, 0.25) is 5.91 Å². The lowest BCUT2D eigenvalue weighted by atomic mass is 9.92. The summed E-state index contributed by atoms with van der Waals surface area (Å²) < 4.78 is 0. The molecule has 0 aromatic carbocycles. The number of carbonyl (C=O) groups is 2. The molecule has 0 bridgehead atoms. The number of allylic oxidation sites excluding steroid dienone is 1. The van der Waals surface area contributed by atoms with Crippen molar-refractivity contribution in [2.24, 2.45) is 0 Å². The van der Waals surface area contributed by atoms with E-state index in [4.69, 9.17) is 5.11 Å². The van der Waals surface area contributed by atoms with E-state index in [-0.39, 0.29) is 12.5 Å². The molecule has 1 saturated carbocycles. The third-order valence-electron chi connectivity index (χ3n) is 1.74. The Balaban J connectivity index is 2.24. The molecule has 1 aliphatic rings. The van der Waals surface area contributed by atoms with Crippen LogP contribution >= 0.6 is 0 Å². The first-order valence-corrected chi connectivity index (χ1v) is 3.87. The maximum atomic E-state index is 10.9. The molecule has 0 unspecified atom stereocenters. The molecule has 0 aliphatic heterocycles. The van der Waals surface area contributed by atoms with Crippen molar-refractivity contribution in [3.8, 4) is 0 Å². The van der Waals surface area contributed by atoms with E-state index >= 15 is 0 Å². The van der Waals surface area contributed by atoms with Gasteiger partial charge in [-0.1, -0.05) is 5.57 Å². The highest BCUT2D eigenvalue weighted by molar-refractivity contribution is 5.90. The van der Waals surface area contributed by atoms with Gasteiger partial charge in [-0.05, 0) is 19.3 Å². The van der Waals surface area contributed by atoms with Gasteiger partial charge in [0, 0.05) is 6.08 Å². The van der Waals surface area contributed by atoms with Gasteiger partial charge in [-0.2, -0.15) is 0 Å². The minimum absolute atomic E-state index is 0.299. The molecule has 0 aromatic heterocycles. The molecule has 4 heteroatoms. The van der Waals surface area contributed by atoms with E-state index in [0.717, 1.165) is 24.8 Å². The standard InChI is InChI=1S/C8H11NO3/c10-7(9-5-8(11)12)4-6-2-1-3-6/h4H,1-3,5H2,(H,9,10)(H,11,12). The third-order valence-corrected chi connectivity index (χ3v) is 1.74. The first kappa shape index (κ1) is 8.77. The molecule has 66 valence electrons. The summed E-state index contributed by atoms with van der Waals surface area (Å²) >= 11 is 0. The van der Waals surface area contributed by atoms with Crippen LogP contribution in [-0.4, -0.2) is 23.5 Å². The summed E-state index contributed by atoms with van der Waals surface area (Å²) in [5.74, 6) is -1.32. The van der Waals surface area contributed by atoms with Crippen molar-refractivity contribution >= 4 is 11.9 Å². The fourth-order valence-corrected chi connectivity index (χ4v) is 0.924. The van der Waals surface area contributed by atoms with Crippen molar-refractivity contribution in [3.63, 3.8) is 0 Å². The average molecular weight is 169 g/mol. The second-order valence-corrected chi connectivity index (χ2v) is 2.77. The quantitative estimate of drug-likeness (QED) is 0.597. The molecule has 0 heterocycles. The first-order valence-electron chi connectivity index (χ1n) is 3.87.